The van der Waals surface area contributed by atoms with Gasteiger partial charge in [0.05, 0.1) is 25.4 Å². The van der Waals surface area contributed by atoms with Gasteiger partial charge in [0.25, 0.3) is 0 Å². The summed E-state index contributed by atoms with van der Waals surface area (Å²) in [7, 11) is 0. The molecule has 6 heteroatoms. The molecule has 3 N–H and O–H groups in total. The van der Waals surface area contributed by atoms with Crippen molar-refractivity contribution < 1.29 is 24.5 Å². The van der Waals surface area contributed by atoms with Crippen LogP contribution in [0.5, 0.6) is 0 Å². The smallest absolute Gasteiger partial charge is 0.305 e. The zero-order chi connectivity index (χ0) is 52.2. The lowest BCUT2D eigenvalue weighted by Gasteiger charge is -2.22. The fourth-order valence-electron chi connectivity index (χ4n) is 10.5. The minimum absolute atomic E-state index is 0.00450. The summed E-state index contributed by atoms with van der Waals surface area (Å²) in [5, 5.41) is 23.4. The van der Waals surface area contributed by atoms with Gasteiger partial charge < -0.3 is 20.3 Å². The van der Waals surface area contributed by atoms with Gasteiger partial charge in [-0.05, 0) is 51.4 Å². The summed E-state index contributed by atoms with van der Waals surface area (Å²) >= 11 is 0. The van der Waals surface area contributed by atoms with Crippen molar-refractivity contribution >= 4 is 11.9 Å². The van der Waals surface area contributed by atoms with Gasteiger partial charge in [0.2, 0.25) is 5.91 Å². The number of allylic oxidation sites excluding steroid dienone is 2. The van der Waals surface area contributed by atoms with Gasteiger partial charge in [-0.2, -0.15) is 0 Å². The molecule has 0 aliphatic heterocycles. The first-order valence-electron chi connectivity index (χ1n) is 32.9. The van der Waals surface area contributed by atoms with Crippen LogP contribution in [0.2, 0.25) is 0 Å². The third-order valence-electron chi connectivity index (χ3n) is 15.6. The van der Waals surface area contributed by atoms with Crippen molar-refractivity contribution in [2.24, 2.45) is 0 Å². The van der Waals surface area contributed by atoms with Gasteiger partial charge in [0, 0.05) is 12.8 Å². The molecule has 6 nitrogen and oxygen atoms in total. The second-order valence-electron chi connectivity index (χ2n) is 22.8. The van der Waals surface area contributed by atoms with Crippen LogP contribution >= 0.6 is 0 Å². The predicted molar refractivity (Wildman–Crippen MR) is 315 cm³/mol. The van der Waals surface area contributed by atoms with Crippen LogP contribution in [0.1, 0.15) is 373 Å². The number of carbonyl (C=O) groups excluding carboxylic acids is 2. The van der Waals surface area contributed by atoms with Gasteiger partial charge in [-0.1, -0.05) is 321 Å². The van der Waals surface area contributed by atoms with Crippen LogP contribution in [0.3, 0.4) is 0 Å². The quantitative estimate of drug-likeness (QED) is 0.0320. The molecule has 2 atom stereocenters. The molecule has 0 heterocycles. The number of hydrogen-bond acceptors (Lipinski definition) is 5. The third kappa shape index (κ3) is 57.9. The summed E-state index contributed by atoms with van der Waals surface area (Å²) in [5.74, 6) is -0.0273. The molecule has 0 aromatic rings. The van der Waals surface area contributed by atoms with Gasteiger partial charge in [-0.25, -0.2) is 0 Å². The molecule has 0 radical (unpaired) electrons. The van der Waals surface area contributed by atoms with Crippen molar-refractivity contribution in [3.8, 4) is 0 Å². The van der Waals surface area contributed by atoms with E-state index < -0.39 is 12.1 Å². The Bertz CT molecular complexity index is 1080. The Morgan fingerprint density at radius 3 is 0.986 bits per heavy atom. The molecule has 0 spiro atoms. The number of aliphatic hydroxyl groups is 2. The number of unbranched alkanes of at least 4 members (excludes halogenated alkanes) is 49. The summed E-state index contributed by atoms with van der Waals surface area (Å²) in [4.78, 5) is 24.6. The Kier molecular flexibility index (Phi) is 60.9. The van der Waals surface area contributed by atoms with Crippen LogP contribution in [-0.2, 0) is 14.3 Å². The lowest BCUT2D eigenvalue weighted by molar-refractivity contribution is -0.143. The summed E-state index contributed by atoms with van der Waals surface area (Å²) in [6.07, 6.45) is 75.2. The standard InChI is InChI=1S/C66H129NO5/c1-3-5-7-9-11-13-15-17-19-20-21-25-28-31-34-38-42-46-50-54-58-64(69)63(62-68)67-65(70)59-55-51-47-43-39-35-32-29-26-23-22-24-27-30-33-37-41-45-49-53-57-61-72-66(71)60-56-52-48-44-40-36-18-16-14-12-10-8-6-4-2/h16,18,63-64,68-69H,3-15,17,19-62H2,1-2H3,(H,67,70)/b18-16-. The fourth-order valence-corrected chi connectivity index (χ4v) is 10.5. The SMILES string of the molecule is CCCCCCC/C=C\CCCCCCCC(=O)OCCCCCCCCCCCCCCCCCCCCCCCC(=O)NC(CO)C(O)CCCCCCCCCCCCCCCCCCCCCC. The third-order valence-corrected chi connectivity index (χ3v) is 15.6. The van der Waals surface area contributed by atoms with E-state index in [4.69, 9.17) is 4.74 Å². The van der Waals surface area contributed by atoms with Gasteiger partial charge in [-0.15, -0.1) is 0 Å². The van der Waals surface area contributed by atoms with E-state index in [0.717, 1.165) is 44.9 Å². The average molecular weight is 1020 g/mol. The monoisotopic (exact) mass is 1020 g/mol. The van der Waals surface area contributed by atoms with Gasteiger partial charge in [0.1, 0.15) is 0 Å². The van der Waals surface area contributed by atoms with E-state index in [2.05, 4.69) is 31.3 Å². The molecule has 428 valence electrons. The molecule has 0 saturated heterocycles. The molecule has 0 rings (SSSR count). The Hall–Kier alpha value is -1.40. The highest BCUT2D eigenvalue weighted by Crippen LogP contribution is 2.19. The van der Waals surface area contributed by atoms with Crippen LogP contribution in [-0.4, -0.2) is 47.4 Å². The van der Waals surface area contributed by atoms with E-state index in [-0.39, 0.29) is 18.5 Å². The number of ether oxygens (including phenoxy) is 1. The zero-order valence-corrected chi connectivity index (χ0v) is 48.9. The summed E-state index contributed by atoms with van der Waals surface area (Å²) < 4.78 is 5.48. The molecule has 0 fully saturated rings. The van der Waals surface area contributed by atoms with E-state index in [1.807, 2.05) is 0 Å². The van der Waals surface area contributed by atoms with Crippen molar-refractivity contribution in [2.75, 3.05) is 13.2 Å². The van der Waals surface area contributed by atoms with E-state index >= 15 is 0 Å². The van der Waals surface area contributed by atoms with Crippen LogP contribution in [0.25, 0.3) is 0 Å². The van der Waals surface area contributed by atoms with Crippen molar-refractivity contribution in [3.63, 3.8) is 0 Å². The Labute approximate surface area is 450 Å². The van der Waals surface area contributed by atoms with Crippen LogP contribution in [0.4, 0.5) is 0 Å². The molecule has 0 bridgehead atoms. The maximum Gasteiger partial charge on any atom is 0.305 e. The first-order chi connectivity index (χ1) is 35.5. The van der Waals surface area contributed by atoms with Crippen molar-refractivity contribution in [1.29, 1.82) is 0 Å². The Morgan fingerprint density at radius 2 is 0.653 bits per heavy atom. The number of nitrogens with one attached hydrogen (secondary N) is 1. The predicted octanol–water partition coefficient (Wildman–Crippen LogP) is 20.8. The number of aliphatic hydroxyl groups excluding tert-OH is 2. The van der Waals surface area contributed by atoms with Crippen LogP contribution in [0.15, 0.2) is 12.2 Å². The minimum atomic E-state index is -0.665. The maximum atomic E-state index is 12.5. The molecule has 72 heavy (non-hydrogen) atoms. The zero-order valence-electron chi connectivity index (χ0n) is 48.9. The molecule has 0 aromatic heterocycles. The number of rotatable bonds is 62. The number of hydrogen-bond donors (Lipinski definition) is 3. The Morgan fingerprint density at radius 1 is 0.375 bits per heavy atom. The van der Waals surface area contributed by atoms with Gasteiger partial charge >= 0.3 is 5.97 Å². The van der Waals surface area contributed by atoms with E-state index in [1.54, 1.807) is 0 Å². The molecule has 0 aliphatic carbocycles. The summed E-state index contributed by atoms with van der Waals surface area (Å²) in [5.41, 5.74) is 0. The molecule has 0 aliphatic rings. The van der Waals surface area contributed by atoms with Gasteiger partial charge in [0.15, 0.2) is 0 Å². The first kappa shape index (κ1) is 70.6. The van der Waals surface area contributed by atoms with Crippen molar-refractivity contribution in [3.05, 3.63) is 12.2 Å². The molecular weight excluding hydrogens is 887 g/mol. The van der Waals surface area contributed by atoms with Crippen LogP contribution < -0.4 is 5.32 Å². The summed E-state index contributed by atoms with van der Waals surface area (Å²) in [6, 6.07) is -0.542. The van der Waals surface area contributed by atoms with Gasteiger partial charge in [-0.3, -0.25) is 9.59 Å². The molecular formula is C66H129NO5. The number of amides is 1. The molecule has 2 unspecified atom stereocenters. The largest absolute Gasteiger partial charge is 0.466 e. The lowest BCUT2D eigenvalue weighted by atomic mass is 10.0. The van der Waals surface area contributed by atoms with E-state index in [9.17, 15) is 19.8 Å². The second-order valence-corrected chi connectivity index (χ2v) is 22.8. The second kappa shape index (κ2) is 62.1. The van der Waals surface area contributed by atoms with E-state index in [0.29, 0.717) is 25.9 Å². The fraction of sp³-hybridized carbons (Fsp3) is 0.939. The summed E-state index contributed by atoms with van der Waals surface area (Å²) in [6.45, 7) is 4.97. The molecule has 1 amide bonds. The normalized spacial score (nSPS) is 12.6. The molecule has 0 aromatic carbocycles. The Balaban J connectivity index is 3.38. The average Bonchev–Trinajstić information content (AvgIpc) is 3.38. The lowest BCUT2D eigenvalue weighted by Crippen LogP contribution is -2.45. The number of carbonyl (C=O) groups is 2. The highest BCUT2D eigenvalue weighted by atomic mass is 16.5. The van der Waals surface area contributed by atoms with Crippen molar-refractivity contribution in [1.82, 2.24) is 5.32 Å². The van der Waals surface area contributed by atoms with Crippen LogP contribution in [0, 0.1) is 0 Å². The highest BCUT2D eigenvalue weighted by molar-refractivity contribution is 5.76. The topological polar surface area (TPSA) is 95.9 Å². The minimum Gasteiger partial charge on any atom is -0.466 e. The molecule has 0 saturated carbocycles. The first-order valence-corrected chi connectivity index (χ1v) is 32.9. The number of esters is 1. The van der Waals surface area contributed by atoms with Crippen molar-refractivity contribution in [2.45, 2.75) is 386 Å². The highest BCUT2D eigenvalue weighted by Gasteiger charge is 2.20. The maximum absolute atomic E-state index is 12.5. The van der Waals surface area contributed by atoms with E-state index in [1.165, 1.54) is 295 Å².